The smallest absolute Gasteiger partial charge is 0.153 e. The maximum absolute atomic E-state index is 6.00. The Kier molecular flexibility index (Phi) is 3.56. The zero-order chi connectivity index (χ0) is 17.2. The fourth-order valence-electron chi connectivity index (χ4n) is 2.70. The van der Waals surface area contributed by atoms with Gasteiger partial charge in [-0.05, 0) is 47.5 Å². The number of aromatic amines is 1. The lowest BCUT2D eigenvalue weighted by Gasteiger charge is -2.05. The van der Waals surface area contributed by atoms with Crippen molar-refractivity contribution in [1.29, 1.82) is 0 Å². The van der Waals surface area contributed by atoms with Gasteiger partial charge in [-0.15, -0.1) is 0 Å². The van der Waals surface area contributed by atoms with Crippen LogP contribution in [0.25, 0.3) is 22.0 Å². The van der Waals surface area contributed by atoms with Crippen LogP contribution in [0, 0.1) is 11.8 Å². The number of pyridine rings is 1. The molecule has 4 rings (SSSR count). The van der Waals surface area contributed by atoms with Crippen molar-refractivity contribution >= 4 is 22.5 Å². The number of nitrogens with zero attached hydrogens (tertiary/aromatic N) is 2. The Morgan fingerprint density at radius 2 is 1.72 bits per heavy atom. The van der Waals surface area contributed by atoms with E-state index < -0.39 is 0 Å². The molecule has 0 amide bonds. The molecule has 5 heteroatoms. The number of anilines is 2. The number of nitrogen functional groups attached to an aromatic ring is 2. The summed E-state index contributed by atoms with van der Waals surface area (Å²) >= 11 is 0. The van der Waals surface area contributed by atoms with Crippen LogP contribution in [0.2, 0.25) is 0 Å². The molecule has 4 aromatic rings. The van der Waals surface area contributed by atoms with Crippen LogP contribution >= 0.6 is 0 Å². The molecule has 0 aliphatic carbocycles. The van der Waals surface area contributed by atoms with Crippen LogP contribution < -0.4 is 11.5 Å². The Balaban J connectivity index is 1.90. The van der Waals surface area contributed by atoms with Crippen molar-refractivity contribution in [3.8, 4) is 23.0 Å². The number of hydrogen-bond donors (Lipinski definition) is 3. The third-order valence-corrected chi connectivity index (χ3v) is 3.93. The zero-order valence-corrected chi connectivity index (χ0v) is 13.3. The molecule has 2 heterocycles. The fraction of sp³-hybridized carbons (Fsp3) is 0. The van der Waals surface area contributed by atoms with Gasteiger partial charge < -0.3 is 11.5 Å². The third-order valence-electron chi connectivity index (χ3n) is 3.93. The molecule has 0 radical (unpaired) electrons. The van der Waals surface area contributed by atoms with Crippen LogP contribution in [-0.2, 0) is 0 Å². The van der Waals surface area contributed by atoms with Gasteiger partial charge in [-0.3, -0.25) is 5.10 Å². The van der Waals surface area contributed by atoms with Crippen LogP contribution in [0.4, 0.5) is 11.6 Å². The summed E-state index contributed by atoms with van der Waals surface area (Å²) in [6.07, 6.45) is 1.68. The highest BCUT2D eigenvalue weighted by molar-refractivity contribution is 5.96. The second-order valence-electron chi connectivity index (χ2n) is 5.64. The highest BCUT2D eigenvalue weighted by atomic mass is 15.1. The summed E-state index contributed by atoms with van der Waals surface area (Å²) in [4.78, 5) is 4.04. The molecular formula is C20H15N5. The van der Waals surface area contributed by atoms with E-state index >= 15 is 0 Å². The largest absolute Gasteiger partial charge is 0.384 e. The summed E-state index contributed by atoms with van der Waals surface area (Å²) < 4.78 is 0. The van der Waals surface area contributed by atoms with E-state index in [1.165, 1.54) is 0 Å². The van der Waals surface area contributed by atoms with Gasteiger partial charge in [0.15, 0.2) is 5.82 Å². The third kappa shape index (κ3) is 2.89. The first-order chi connectivity index (χ1) is 12.2. The lowest BCUT2D eigenvalue weighted by Crippen LogP contribution is -1.91. The number of nitrogens with one attached hydrogen (secondary N) is 1. The minimum absolute atomic E-state index is 0.446. The van der Waals surface area contributed by atoms with Crippen LogP contribution in [-0.4, -0.2) is 15.2 Å². The van der Waals surface area contributed by atoms with E-state index in [9.17, 15) is 0 Å². The number of fused-ring (bicyclic) bond motifs is 1. The fourth-order valence-corrected chi connectivity index (χ4v) is 2.70. The predicted octanol–water partition coefficient (Wildman–Crippen LogP) is 3.19. The van der Waals surface area contributed by atoms with Gasteiger partial charge in [0.2, 0.25) is 0 Å². The number of hydrogen-bond acceptors (Lipinski definition) is 4. The van der Waals surface area contributed by atoms with E-state index in [0.717, 1.165) is 33.2 Å². The Hall–Kier alpha value is -3.78. The molecular weight excluding hydrogens is 310 g/mol. The molecule has 2 aromatic heterocycles. The SMILES string of the molecule is Nc1cc(-c2cc(C#Cc3ccccc3)c3[nH]nc(N)c3c2)ccn1. The average molecular weight is 325 g/mol. The molecule has 2 aromatic carbocycles. The van der Waals surface area contributed by atoms with Gasteiger partial charge in [-0.1, -0.05) is 30.0 Å². The Morgan fingerprint density at radius 1 is 0.880 bits per heavy atom. The second kappa shape index (κ2) is 6.02. The number of H-pyrrole nitrogens is 1. The topological polar surface area (TPSA) is 93.6 Å². The Labute approximate surface area is 144 Å². The van der Waals surface area contributed by atoms with Crippen molar-refractivity contribution in [3.05, 3.63) is 71.9 Å². The molecule has 5 nitrogen and oxygen atoms in total. The number of benzene rings is 2. The molecule has 0 atom stereocenters. The zero-order valence-electron chi connectivity index (χ0n) is 13.3. The summed E-state index contributed by atoms with van der Waals surface area (Å²) in [5.41, 5.74) is 16.3. The number of aromatic nitrogens is 3. The molecule has 0 spiro atoms. The van der Waals surface area contributed by atoms with Crippen LogP contribution in [0.3, 0.4) is 0 Å². The van der Waals surface area contributed by atoms with E-state index in [1.807, 2.05) is 54.6 Å². The van der Waals surface area contributed by atoms with Gasteiger partial charge in [0, 0.05) is 17.1 Å². The molecule has 0 aliphatic heterocycles. The first-order valence-electron chi connectivity index (χ1n) is 7.77. The molecule has 0 aliphatic rings. The Bertz CT molecular complexity index is 1120. The predicted molar refractivity (Wildman–Crippen MR) is 101 cm³/mol. The van der Waals surface area contributed by atoms with E-state index in [4.69, 9.17) is 11.5 Å². The van der Waals surface area contributed by atoms with E-state index in [1.54, 1.807) is 6.20 Å². The second-order valence-corrected chi connectivity index (χ2v) is 5.64. The molecule has 5 N–H and O–H groups in total. The summed E-state index contributed by atoms with van der Waals surface area (Å²) in [7, 11) is 0. The van der Waals surface area contributed by atoms with Gasteiger partial charge in [-0.25, -0.2) is 4.98 Å². The van der Waals surface area contributed by atoms with Gasteiger partial charge in [-0.2, -0.15) is 5.10 Å². The summed E-state index contributed by atoms with van der Waals surface area (Å²) in [6.45, 7) is 0. The Morgan fingerprint density at radius 3 is 2.52 bits per heavy atom. The van der Waals surface area contributed by atoms with Crippen LogP contribution in [0.5, 0.6) is 0 Å². The lowest BCUT2D eigenvalue weighted by atomic mass is 10.0. The van der Waals surface area contributed by atoms with Crippen molar-refractivity contribution in [1.82, 2.24) is 15.2 Å². The number of rotatable bonds is 1. The van der Waals surface area contributed by atoms with Crippen molar-refractivity contribution in [2.75, 3.05) is 11.5 Å². The minimum Gasteiger partial charge on any atom is -0.384 e. The normalized spacial score (nSPS) is 10.4. The van der Waals surface area contributed by atoms with Crippen molar-refractivity contribution < 1.29 is 0 Å². The maximum Gasteiger partial charge on any atom is 0.153 e. The van der Waals surface area contributed by atoms with Crippen LogP contribution in [0.1, 0.15) is 11.1 Å². The summed E-state index contributed by atoms with van der Waals surface area (Å²) in [5, 5.41) is 7.92. The molecule has 0 unspecified atom stereocenters. The molecule has 25 heavy (non-hydrogen) atoms. The highest BCUT2D eigenvalue weighted by Crippen LogP contribution is 2.29. The average Bonchev–Trinajstić information content (AvgIpc) is 3.02. The van der Waals surface area contributed by atoms with Crippen molar-refractivity contribution in [3.63, 3.8) is 0 Å². The minimum atomic E-state index is 0.446. The molecule has 0 saturated heterocycles. The summed E-state index contributed by atoms with van der Waals surface area (Å²) in [5.74, 6) is 7.31. The van der Waals surface area contributed by atoms with E-state index in [0.29, 0.717) is 11.6 Å². The standard InChI is InChI=1S/C20H15N5/c21-18-12-14(8-9-23-18)16-10-15(7-6-13-4-2-1-3-5-13)19-17(11-16)20(22)25-24-19/h1-5,8-12H,(H2,21,23)(H3,22,24,25). The highest BCUT2D eigenvalue weighted by Gasteiger charge is 2.10. The van der Waals surface area contributed by atoms with Gasteiger partial charge in [0.1, 0.15) is 5.82 Å². The van der Waals surface area contributed by atoms with Crippen molar-refractivity contribution in [2.45, 2.75) is 0 Å². The van der Waals surface area contributed by atoms with Gasteiger partial charge >= 0.3 is 0 Å². The summed E-state index contributed by atoms with van der Waals surface area (Å²) in [6, 6.07) is 17.6. The van der Waals surface area contributed by atoms with E-state index in [-0.39, 0.29) is 0 Å². The van der Waals surface area contributed by atoms with Gasteiger partial charge in [0.05, 0.1) is 11.1 Å². The van der Waals surface area contributed by atoms with Crippen molar-refractivity contribution in [2.24, 2.45) is 0 Å². The first kappa shape index (κ1) is 14.8. The number of nitrogens with two attached hydrogens (primary N) is 2. The quantitative estimate of drug-likeness (QED) is 0.469. The van der Waals surface area contributed by atoms with Crippen LogP contribution in [0.15, 0.2) is 60.8 Å². The molecule has 0 fully saturated rings. The molecule has 0 bridgehead atoms. The van der Waals surface area contributed by atoms with E-state index in [2.05, 4.69) is 27.0 Å². The van der Waals surface area contributed by atoms with Gasteiger partial charge in [0.25, 0.3) is 0 Å². The monoisotopic (exact) mass is 325 g/mol. The molecule has 120 valence electrons. The first-order valence-corrected chi connectivity index (χ1v) is 7.77. The maximum atomic E-state index is 6.00. The lowest BCUT2D eigenvalue weighted by molar-refractivity contribution is 1.13. The molecule has 0 saturated carbocycles.